The molecule has 0 saturated heterocycles. The van der Waals surface area contributed by atoms with Crippen LogP contribution in [0.1, 0.15) is 5.56 Å². The van der Waals surface area contributed by atoms with Crippen molar-refractivity contribution < 1.29 is 8.42 Å². The Balaban J connectivity index is 1.88. The van der Waals surface area contributed by atoms with Crippen molar-refractivity contribution in [3.05, 3.63) is 59.6 Å². The number of hydrogen-bond donors (Lipinski definition) is 2. The molecule has 118 valence electrons. The molecule has 0 aliphatic heterocycles. The smallest absolute Gasteiger partial charge is 0.263 e. The normalized spacial score (nSPS) is 11.3. The minimum absolute atomic E-state index is 0.191. The summed E-state index contributed by atoms with van der Waals surface area (Å²) in [5.41, 5.74) is 9.50. The summed E-state index contributed by atoms with van der Waals surface area (Å²) in [7, 11) is -3.62. The van der Waals surface area contributed by atoms with Gasteiger partial charge in [-0.2, -0.15) is 0 Å². The average Bonchev–Trinajstić information content (AvgIpc) is 3.02. The highest BCUT2D eigenvalue weighted by Crippen LogP contribution is 2.25. The number of nitrogens with zero attached hydrogens (tertiary/aromatic N) is 1. The molecular formula is C16H15N3O2S2. The quantitative estimate of drug-likeness (QED) is 0.709. The number of nitrogens with one attached hydrogen (secondary N) is 1. The molecule has 5 nitrogen and oxygen atoms in total. The van der Waals surface area contributed by atoms with E-state index in [1.807, 2.05) is 25.1 Å². The van der Waals surface area contributed by atoms with E-state index in [9.17, 15) is 8.42 Å². The number of hydrogen-bond acceptors (Lipinski definition) is 5. The Bertz CT molecular complexity index is 918. The van der Waals surface area contributed by atoms with Crippen molar-refractivity contribution in [1.82, 2.24) is 4.98 Å². The Morgan fingerprint density at radius 2 is 1.78 bits per heavy atom. The molecule has 1 aromatic heterocycles. The van der Waals surface area contributed by atoms with E-state index in [2.05, 4.69) is 9.71 Å². The molecule has 0 fully saturated rings. The highest BCUT2D eigenvalue weighted by Gasteiger charge is 2.15. The molecule has 0 amide bonds. The van der Waals surface area contributed by atoms with Gasteiger partial charge in [-0.05, 0) is 41.8 Å². The summed E-state index contributed by atoms with van der Waals surface area (Å²) in [5.74, 6) is 0. The highest BCUT2D eigenvalue weighted by atomic mass is 32.2. The summed E-state index contributed by atoms with van der Waals surface area (Å²) in [6.45, 7) is 1.94. The van der Waals surface area contributed by atoms with Crippen LogP contribution in [0.15, 0.2) is 58.9 Å². The van der Waals surface area contributed by atoms with Crippen molar-refractivity contribution in [3.8, 4) is 11.1 Å². The standard InChI is InChI=1S/C16H15N3O2S2/c1-11-2-3-13(10-15(11)17)12-4-6-14(7-5-12)23(20,21)19-16-18-8-9-22-16/h2-10H,17H2,1H3,(H,18,19). The molecule has 23 heavy (non-hydrogen) atoms. The molecule has 0 unspecified atom stereocenters. The van der Waals surface area contributed by atoms with Crippen LogP contribution in [0.2, 0.25) is 0 Å². The molecule has 1 heterocycles. The molecule has 3 N–H and O–H groups in total. The zero-order chi connectivity index (χ0) is 16.4. The number of benzene rings is 2. The molecule has 0 bridgehead atoms. The second kappa shape index (κ2) is 6.02. The van der Waals surface area contributed by atoms with Crippen LogP contribution in [0.5, 0.6) is 0 Å². The third kappa shape index (κ3) is 3.35. The van der Waals surface area contributed by atoms with Gasteiger partial charge < -0.3 is 5.73 Å². The fraction of sp³-hybridized carbons (Fsp3) is 0.0625. The summed E-state index contributed by atoms with van der Waals surface area (Å²) in [6, 6.07) is 12.5. The van der Waals surface area contributed by atoms with Gasteiger partial charge in [-0.25, -0.2) is 13.4 Å². The number of thiazole rings is 1. The molecule has 2 aromatic carbocycles. The molecule has 0 spiro atoms. The zero-order valence-electron chi connectivity index (χ0n) is 12.4. The summed E-state index contributed by atoms with van der Waals surface area (Å²) >= 11 is 1.23. The van der Waals surface area contributed by atoms with Crippen molar-refractivity contribution in [1.29, 1.82) is 0 Å². The van der Waals surface area contributed by atoms with E-state index in [1.165, 1.54) is 11.3 Å². The van der Waals surface area contributed by atoms with Gasteiger partial charge in [0, 0.05) is 17.3 Å². The van der Waals surface area contributed by atoms with Crippen LogP contribution in [0.4, 0.5) is 10.8 Å². The van der Waals surface area contributed by atoms with Crippen molar-refractivity contribution >= 4 is 32.2 Å². The number of nitrogens with two attached hydrogens (primary N) is 1. The minimum atomic E-state index is -3.62. The van der Waals surface area contributed by atoms with Crippen LogP contribution in [0, 0.1) is 6.92 Å². The Hall–Kier alpha value is -2.38. The summed E-state index contributed by atoms with van der Waals surface area (Å²) in [4.78, 5) is 4.12. The van der Waals surface area contributed by atoms with E-state index >= 15 is 0 Å². The molecule has 3 rings (SSSR count). The predicted octanol–water partition coefficient (Wildman–Crippen LogP) is 3.50. The maximum Gasteiger partial charge on any atom is 0.263 e. The lowest BCUT2D eigenvalue weighted by molar-refractivity contribution is 0.601. The van der Waals surface area contributed by atoms with Gasteiger partial charge in [0.1, 0.15) is 0 Å². The fourth-order valence-electron chi connectivity index (χ4n) is 2.09. The van der Waals surface area contributed by atoms with Gasteiger partial charge in [0.2, 0.25) is 0 Å². The van der Waals surface area contributed by atoms with Gasteiger partial charge in [0.05, 0.1) is 4.90 Å². The SMILES string of the molecule is Cc1ccc(-c2ccc(S(=O)(=O)Nc3nccs3)cc2)cc1N. The number of nitrogen functional groups attached to an aromatic ring is 1. The fourth-order valence-corrected chi connectivity index (χ4v) is 3.88. The number of aryl methyl sites for hydroxylation is 1. The third-order valence-corrected chi connectivity index (χ3v) is 5.60. The van der Waals surface area contributed by atoms with Crippen LogP contribution in [-0.4, -0.2) is 13.4 Å². The zero-order valence-corrected chi connectivity index (χ0v) is 14.0. The van der Waals surface area contributed by atoms with E-state index in [4.69, 9.17) is 5.73 Å². The summed E-state index contributed by atoms with van der Waals surface area (Å²) < 4.78 is 27.0. The van der Waals surface area contributed by atoms with Crippen LogP contribution >= 0.6 is 11.3 Å². The molecule has 7 heteroatoms. The molecule has 0 aliphatic carbocycles. The second-order valence-corrected chi connectivity index (χ2v) is 7.62. The molecule has 0 atom stereocenters. The van der Waals surface area contributed by atoms with E-state index in [0.29, 0.717) is 10.8 Å². The van der Waals surface area contributed by atoms with E-state index in [-0.39, 0.29) is 4.90 Å². The van der Waals surface area contributed by atoms with E-state index in [1.54, 1.807) is 35.8 Å². The Kier molecular flexibility index (Phi) is 4.06. The number of aromatic nitrogens is 1. The lowest BCUT2D eigenvalue weighted by Crippen LogP contribution is -2.12. The topological polar surface area (TPSA) is 85.1 Å². The lowest BCUT2D eigenvalue weighted by atomic mass is 10.0. The first-order valence-electron chi connectivity index (χ1n) is 6.84. The van der Waals surface area contributed by atoms with Gasteiger partial charge in [0.25, 0.3) is 10.0 Å². The van der Waals surface area contributed by atoms with Crippen LogP contribution in [-0.2, 0) is 10.0 Å². The highest BCUT2D eigenvalue weighted by molar-refractivity contribution is 7.93. The first kappa shape index (κ1) is 15.5. The van der Waals surface area contributed by atoms with Crippen molar-refractivity contribution in [2.45, 2.75) is 11.8 Å². The van der Waals surface area contributed by atoms with Crippen molar-refractivity contribution in [2.75, 3.05) is 10.5 Å². The molecule has 0 aliphatic rings. The third-order valence-electron chi connectivity index (χ3n) is 3.43. The maximum atomic E-state index is 12.3. The van der Waals surface area contributed by atoms with Crippen LogP contribution < -0.4 is 10.5 Å². The van der Waals surface area contributed by atoms with Crippen LogP contribution in [0.25, 0.3) is 11.1 Å². The first-order chi connectivity index (χ1) is 11.0. The predicted molar refractivity (Wildman–Crippen MR) is 93.9 cm³/mol. The number of rotatable bonds is 4. The minimum Gasteiger partial charge on any atom is -0.398 e. The summed E-state index contributed by atoms with van der Waals surface area (Å²) in [6.07, 6.45) is 1.55. The van der Waals surface area contributed by atoms with Crippen LogP contribution in [0.3, 0.4) is 0 Å². The monoisotopic (exact) mass is 345 g/mol. The number of anilines is 2. The first-order valence-corrected chi connectivity index (χ1v) is 9.21. The van der Waals surface area contributed by atoms with E-state index in [0.717, 1.165) is 16.7 Å². The molecular weight excluding hydrogens is 330 g/mol. The number of sulfonamides is 1. The lowest BCUT2D eigenvalue weighted by Gasteiger charge is -2.08. The molecule has 0 saturated carbocycles. The summed E-state index contributed by atoms with van der Waals surface area (Å²) in [5, 5.41) is 2.06. The van der Waals surface area contributed by atoms with Crippen molar-refractivity contribution in [3.63, 3.8) is 0 Å². The molecule has 3 aromatic rings. The molecule has 0 radical (unpaired) electrons. The maximum absolute atomic E-state index is 12.3. The van der Waals surface area contributed by atoms with Gasteiger partial charge in [0.15, 0.2) is 5.13 Å². The Labute approximate surface area is 138 Å². The van der Waals surface area contributed by atoms with Gasteiger partial charge >= 0.3 is 0 Å². The van der Waals surface area contributed by atoms with Gasteiger partial charge in [-0.1, -0.05) is 24.3 Å². The van der Waals surface area contributed by atoms with E-state index < -0.39 is 10.0 Å². The average molecular weight is 345 g/mol. The van der Waals surface area contributed by atoms with Gasteiger partial charge in [-0.15, -0.1) is 11.3 Å². The Morgan fingerprint density at radius 3 is 2.39 bits per heavy atom. The van der Waals surface area contributed by atoms with Crippen molar-refractivity contribution in [2.24, 2.45) is 0 Å². The Morgan fingerprint density at radius 1 is 1.09 bits per heavy atom. The van der Waals surface area contributed by atoms with Gasteiger partial charge in [-0.3, -0.25) is 4.72 Å². The second-order valence-electron chi connectivity index (χ2n) is 5.04. The largest absolute Gasteiger partial charge is 0.398 e.